The molecule has 174 valence electrons. The van der Waals surface area contributed by atoms with Crippen LogP contribution in [0.4, 0.5) is 21.8 Å². The number of halogens is 1. The second-order valence-corrected chi connectivity index (χ2v) is 10.7. The first-order valence-electron chi connectivity index (χ1n) is 9.88. The highest BCUT2D eigenvalue weighted by atomic mass is 32.2. The maximum Gasteiger partial charge on any atom is 0.238 e. The number of primary sulfonamides is 1. The first-order chi connectivity index (χ1) is 15.6. The minimum absolute atomic E-state index is 0.000697. The number of nitrogens with one attached hydrogen (secondary N) is 3. The summed E-state index contributed by atoms with van der Waals surface area (Å²) in [7, 11) is -7.45. The van der Waals surface area contributed by atoms with Gasteiger partial charge in [-0.05, 0) is 55.2 Å². The molecule has 13 heteroatoms. The third-order valence-corrected chi connectivity index (χ3v) is 6.82. The summed E-state index contributed by atoms with van der Waals surface area (Å²) >= 11 is 0. The molecule has 2 aliphatic carbocycles. The molecule has 2 aliphatic rings. The Kier molecular flexibility index (Phi) is 6.30. The predicted octanol–water partition coefficient (Wildman–Crippen LogP) is 2.23. The van der Waals surface area contributed by atoms with Crippen LogP contribution < -0.4 is 20.5 Å². The van der Waals surface area contributed by atoms with Gasteiger partial charge in [0.15, 0.2) is 11.6 Å². The predicted molar refractivity (Wildman–Crippen MR) is 122 cm³/mol. The molecule has 0 spiro atoms. The van der Waals surface area contributed by atoms with Gasteiger partial charge in [-0.25, -0.2) is 36.1 Å². The summed E-state index contributed by atoms with van der Waals surface area (Å²) in [6.45, 7) is 0. The Morgan fingerprint density at radius 2 is 1.94 bits per heavy atom. The summed E-state index contributed by atoms with van der Waals surface area (Å²) in [4.78, 5) is 7.85. The van der Waals surface area contributed by atoms with Crippen LogP contribution >= 0.6 is 0 Å². The number of sulfonamides is 2. The molecular weight excluding hydrogens is 471 g/mol. The molecule has 1 fully saturated rings. The molecule has 10 nitrogen and oxygen atoms in total. The molecule has 0 unspecified atom stereocenters. The molecule has 4 rings (SSSR count). The molecule has 1 saturated carbocycles. The van der Waals surface area contributed by atoms with Gasteiger partial charge in [0.25, 0.3) is 0 Å². The minimum atomic E-state index is -3.89. The van der Waals surface area contributed by atoms with Gasteiger partial charge in [0.2, 0.25) is 26.0 Å². The minimum Gasteiger partial charge on any atom is -0.338 e. The van der Waals surface area contributed by atoms with Gasteiger partial charge in [0.05, 0.1) is 11.1 Å². The zero-order chi connectivity index (χ0) is 23.6. The van der Waals surface area contributed by atoms with Crippen molar-refractivity contribution < 1.29 is 21.2 Å². The number of hydrogen-bond donors (Lipinski definition) is 4. The standard InChI is InChI=1S/C20H21FN6O4S2/c21-18-11-23-20(25-16-5-2-6-17(10-16)33(22,30)31)26-19(18)24-15-4-1-3-13(9-15)12-32(28,29)27-14-7-8-14/h1-2,4-6,9-12,14,27H,3,7-8H2,(H2,22,30,31)(H2,23,24,25,26). The van der Waals surface area contributed by atoms with Crippen molar-refractivity contribution in [3.8, 4) is 0 Å². The van der Waals surface area contributed by atoms with Crippen LogP contribution in [0.2, 0.25) is 0 Å². The molecule has 2 aromatic rings. The fourth-order valence-corrected chi connectivity index (χ4v) is 4.88. The van der Waals surface area contributed by atoms with E-state index in [0.29, 0.717) is 23.4 Å². The van der Waals surface area contributed by atoms with Crippen LogP contribution in [0.15, 0.2) is 70.3 Å². The zero-order valence-corrected chi connectivity index (χ0v) is 18.8. The molecule has 1 aromatic heterocycles. The quantitative estimate of drug-likeness (QED) is 0.437. The SMILES string of the molecule is NS(=O)(=O)c1cccc(Nc2ncc(F)c(NC3=CC(=CS(=O)(=O)NC4CC4)CC=C3)n2)c1. The van der Waals surface area contributed by atoms with Crippen molar-refractivity contribution in [2.24, 2.45) is 5.14 Å². The molecule has 1 heterocycles. The van der Waals surface area contributed by atoms with Gasteiger partial charge < -0.3 is 10.6 Å². The van der Waals surface area contributed by atoms with E-state index in [1.807, 2.05) is 0 Å². The Balaban J connectivity index is 1.52. The Hall–Kier alpha value is -3.13. The highest BCUT2D eigenvalue weighted by Crippen LogP contribution is 2.24. The van der Waals surface area contributed by atoms with E-state index in [2.05, 4.69) is 25.3 Å². The van der Waals surface area contributed by atoms with Gasteiger partial charge in [-0.15, -0.1) is 0 Å². The van der Waals surface area contributed by atoms with E-state index in [-0.39, 0.29) is 22.7 Å². The van der Waals surface area contributed by atoms with E-state index in [4.69, 9.17) is 5.14 Å². The maximum absolute atomic E-state index is 14.3. The second kappa shape index (κ2) is 9.02. The number of nitrogens with zero attached hydrogens (tertiary/aromatic N) is 2. The van der Waals surface area contributed by atoms with E-state index >= 15 is 0 Å². The van der Waals surface area contributed by atoms with Crippen molar-refractivity contribution in [1.82, 2.24) is 14.7 Å². The van der Waals surface area contributed by atoms with E-state index < -0.39 is 25.9 Å². The van der Waals surface area contributed by atoms with Crippen molar-refractivity contribution >= 4 is 37.5 Å². The Morgan fingerprint density at radius 1 is 1.15 bits per heavy atom. The first kappa shape index (κ1) is 23.0. The third-order valence-electron chi connectivity index (χ3n) is 4.63. The van der Waals surface area contributed by atoms with E-state index in [0.717, 1.165) is 24.4 Å². The largest absolute Gasteiger partial charge is 0.338 e. The lowest BCUT2D eigenvalue weighted by atomic mass is 10.1. The molecule has 0 amide bonds. The normalized spacial score (nSPS) is 17.6. The van der Waals surface area contributed by atoms with Crippen molar-refractivity contribution in [2.45, 2.75) is 30.2 Å². The third kappa shape index (κ3) is 6.44. The summed E-state index contributed by atoms with van der Waals surface area (Å²) in [5, 5.41) is 11.9. The van der Waals surface area contributed by atoms with Gasteiger partial charge in [-0.2, -0.15) is 4.98 Å². The number of rotatable bonds is 8. The summed E-state index contributed by atoms with van der Waals surface area (Å²) in [6, 6.07) is 5.71. The Morgan fingerprint density at radius 3 is 2.67 bits per heavy atom. The van der Waals surface area contributed by atoms with Crippen LogP contribution in [0.25, 0.3) is 0 Å². The van der Waals surface area contributed by atoms with Gasteiger partial charge >= 0.3 is 0 Å². The smallest absolute Gasteiger partial charge is 0.238 e. The maximum atomic E-state index is 14.3. The van der Waals surface area contributed by atoms with Crippen LogP contribution in [-0.4, -0.2) is 32.8 Å². The Labute approximate surface area is 190 Å². The topological polar surface area (TPSA) is 156 Å². The van der Waals surface area contributed by atoms with Crippen molar-refractivity contribution in [3.05, 3.63) is 71.2 Å². The first-order valence-corrected chi connectivity index (χ1v) is 13.0. The molecule has 0 saturated heterocycles. The second-order valence-electron chi connectivity index (χ2n) is 7.55. The average molecular weight is 493 g/mol. The summed E-state index contributed by atoms with van der Waals surface area (Å²) in [6.07, 6.45) is 8.06. The van der Waals surface area contributed by atoms with Crippen molar-refractivity contribution in [1.29, 1.82) is 0 Å². The summed E-state index contributed by atoms with van der Waals surface area (Å²) in [5.41, 5.74) is 1.31. The number of hydrogen-bond acceptors (Lipinski definition) is 8. The highest BCUT2D eigenvalue weighted by molar-refractivity contribution is 7.92. The van der Waals surface area contributed by atoms with E-state index in [1.54, 1.807) is 24.3 Å². The molecule has 1 aromatic carbocycles. The zero-order valence-electron chi connectivity index (χ0n) is 17.2. The fraction of sp³-hybridized carbons (Fsp3) is 0.200. The van der Waals surface area contributed by atoms with Crippen LogP contribution in [0.5, 0.6) is 0 Å². The van der Waals surface area contributed by atoms with E-state index in [1.165, 1.54) is 18.2 Å². The number of allylic oxidation sites excluding steroid dienone is 4. The summed E-state index contributed by atoms with van der Waals surface area (Å²) in [5.74, 6) is -0.865. The number of aromatic nitrogens is 2. The van der Waals surface area contributed by atoms with Gasteiger partial charge in [-0.3, -0.25) is 0 Å². The van der Waals surface area contributed by atoms with Crippen molar-refractivity contribution in [2.75, 3.05) is 10.6 Å². The summed E-state index contributed by atoms with van der Waals surface area (Å²) < 4.78 is 64.3. The molecule has 33 heavy (non-hydrogen) atoms. The van der Waals surface area contributed by atoms with Gasteiger partial charge in [-0.1, -0.05) is 12.1 Å². The van der Waals surface area contributed by atoms with E-state index in [9.17, 15) is 21.2 Å². The van der Waals surface area contributed by atoms with Gasteiger partial charge in [0, 0.05) is 22.8 Å². The molecule has 0 radical (unpaired) electrons. The monoisotopic (exact) mass is 492 g/mol. The van der Waals surface area contributed by atoms with Gasteiger partial charge in [0.1, 0.15) is 0 Å². The molecular formula is C20H21FN6O4S2. The lowest BCUT2D eigenvalue weighted by Gasteiger charge is -2.13. The molecule has 5 N–H and O–H groups in total. The lowest BCUT2D eigenvalue weighted by molar-refractivity contribution is 0.589. The van der Waals surface area contributed by atoms with Crippen LogP contribution in [0, 0.1) is 5.82 Å². The van der Waals surface area contributed by atoms with Crippen LogP contribution in [0.1, 0.15) is 19.3 Å². The van der Waals surface area contributed by atoms with Crippen molar-refractivity contribution in [3.63, 3.8) is 0 Å². The number of anilines is 3. The Bertz CT molecular complexity index is 1380. The number of nitrogens with two attached hydrogens (primary N) is 1. The highest BCUT2D eigenvalue weighted by Gasteiger charge is 2.26. The lowest BCUT2D eigenvalue weighted by Crippen LogP contribution is -2.23. The fourth-order valence-electron chi connectivity index (χ4n) is 2.99. The molecule has 0 aliphatic heterocycles. The van der Waals surface area contributed by atoms with Crippen LogP contribution in [0.3, 0.4) is 0 Å². The number of benzene rings is 1. The average Bonchev–Trinajstić information content (AvgIpc) is 3.53. The molecule has 0 atom stereocenters. The van der Waals surface area contributed by atoms with Crippen LogP contribution in [-0.2, 0) is 20.0 Å². The molecule has 0 bridgehead atoms.